The predicted molar refractivity (Wildman–Crippen MR) is 110 cm³/mol. The molecule has 2 aliphatic heterocycles. The van der Waals surface area contributed by atoms with Crippen molar-refractivity contribution in [1.29, 1.82) is 0 Å². The number of halogens is 1. The number of aromatic hydroxyl groups is 1. The number of phenols is 1. The maximum atomic E-state index is 13.8. The van der Waals surface area contributed by atoms with Gasteiger partial charge in [0.1, 0.15) is 5.82 Å². The van der Waals surface area contributed by atoms with Crippen LogP contribution in [-0.4, -0.2) is 41.1 Å². The minimum Gasteiger partial charge on any atom is -0.504 e. The van der Waals surface area contributed by atoms with E-state index < -0.39 is 0 Å². The number of rotatable bonds is 4. The first-order valence-corrected chi connectivity index (χ1v) is 10.1. The monoisotopic (exact) mass is 398 g/mol. The molecule has 0 radical (unpaired) electrons. The molecule has 154 valence electrons. The highest BCUT2D eigenvalue weighted by molar-refractivity contribution is 5.97. The van der Waals surface area contributed by atoms with Crippen LogP contribution in [0.2, 0.25) is 0 Å². The zero-order chi connectivity index (χ0) is 20.6. The quantitative estimate of drug-likeness (QED) is 0.843. The molecule has 0 aromatic heterocycles. The van der Waals surface area contributed by atoms with Crippen molar-refractivity contribution in [2.75, 3.05) is 18.6 Å². The summed E-state index contributed by atoms with van der Waals surface area (Å²) < 4.78 is 19.0. The van der Waals surface area contributed by atoms with Crippen LogP contribution in [0.4, 0.5) is 10.1 Å². The molecule has 4 rings (SSSR count). The van der Waals surface area contributed by atoms with Gasteiger partial charge in [0.05, 0.1) is 12.6 Å². The third-order valence-electron chi connectivity index (χ3n) is 6.39. The maximum absolute atomic E-state index is 13.8. The summed E-state index contributed by atoms with van der Waals surface area (Å²) in [5, 5.41) is 9.81. The maximum Gasteiger partial charge on any atom is 0.227 e. The van der Waals surface area contributed by atoms with E-state index in [-0.39, 0.29) is 29.1 Å². The summed E-state index contributed by atoms with van der Waals surface area (Å²) in [4.78, 5) is 16.9. The molecule has 29 heavy (non-hydrogen) atoms. The number of piperidine rings is 1. The summed E-state index contributed by atoms with van der Waals surface area (Å²) >= 11 is 0. The smallest absolute Gasteiger partial charge is 0.227 e. The van der Waals surface area contributed by atoms with E-state index in [0.717, 1.165) is 37.9 Å². The van der Waals surface area contributed by atoms with Gasteiger partial charge in [-0.3, -0.25) is 9.69 Å². The normalized spacial score (nSPS) is 25.0. The van der Waals surface area contributed by atoms with Gasteiger partial charge in [0.2, 0.25) is 5.91 Å². The summed E-state index contributed by atoms with van der Waals surface area (Å²) in [6.07, 6.45) is 3.03. The van der Waals surface area contributed by atoms with Crippen molar-refractivity contribution in [3.05, 3.63) is 53.8 Å². The van der Waals surface area contributed by atoms with Crippen molar-refractivity contribution in [1.82, 2.24) is 4.90 Å². The van der Waals surface area contributed by atoms with Gasteiger partial charge in [-0.1, -0.05) is 12.1 Å². The van der Waals surface area contributed by atoms with Gasteiger partial charge < -0.3 is 14.7 Å². The molecule has 0 saturated carbocycles. The molecule has 2 aliphatic rings. The van der Waals surface area contributed by atoms with Gasteiger partial charge >= 0.3 is 0 Å². The summed E-state index contributed by atoms with van der Waals surface area (Å²) in [5.41, 5.74) is 1.50. The molecule has 2 atom stereocenters. The third kappa shape index (κ3) is 3.69. The van der Waals surface area contributed by atoms with E-state index in [0.29, 0.717) is 17.9 Å². The zero-order valence-electron chi connectivity index (χ0n) is 16.9. The Kier molecular flexibility index (Phi) is 5.21. The van der Waals surface area contributed by atoms with Crippen molar-refractivity contribution in [2.24, 2.45) is 0 Å². The minimum absolute atomic E-state index is 0.0829. The number of methoxy groups -OCH3 is 1. The number of benzene rings is 2. The van der Waals surface area contributed by atoms with E-state index in [1.165, 1.54) is 12.1 Å². The Morgan fingerprint density at radius 2 is 2.07 bits per heavy atom. The first kappa shape index (κ1) is 19.7. The predicted octanol–water partition coefficient (Wildman–Crippen LogP) is 4.09. The van der Waals surface area contributed by atoms with Gasteiger partial charge in [0.25, 0.3) is 0 Å². The second-order valence-electron chi connectivity index (χ2n) is 8.21. The van der Waals surface area contributed by atoms with Crippen LogP contribution in [0.1, 0.15) is 38.2 Å². The van der Waals surface area contributed by atoms with Gasteiger partial charge in [0, 0.05) is 31.2 Å². The van der Waals surface area contributed by atoms with Crippen molar-refractivity contribution in [3.63, 3.8) is 0 Å². The molecule has 0 bridgehead atoms. The zero-order valence-corrected chi connectivity index (χ0v) is 16.9. The van der Waals surface area contributed by atoms with E-state index in [9.17, 15) is 14.3 Å². The molecule has 2 fully saturated rings. The summed E-state index contributed by atoms with van der Waals surface area (Å²) in [7, 11) is 1.55. The highest BCUT2D eigenvalue weighted by Crippen LogP contribution is 2.44. The molecule has 1 N–H and O–H groups in total. The summed E-state index contributed by atoms with van der Waals surface area (Å²) in [6, 6.07) is 12.1. The fraction of sp³-hybridized carbons (Fsp3) is 0.435. The lowest BCUT2D eigenvalue weighted by atomic mass is 9.81. The molecule has 2 heterocycles. The van der Waals surface area contributed by atoms with E-state index in [1.54, 1.807) is 19.2 Å². The molecule has 6 heteroatoms. The van der Waals surface area contributed by atoms with Crippen molar-refractivity contribution in [3.8, 4) is 11.5 Å². The Labute approximate surface area is 170 Å². The van der Waals surface area contributed by atoms with Crippen LogP contribution in [0.5, 0.6) is 11.5 Å². The van der Waals surface area contributed by atoms with Crippen LogP contribution in [-0.2, 0) is 11.3 Å². The second kappa shape index (κ2) is 7.67. The number of carbonyl (C=O) groups excluding carboxylic acids is 1. The highest BCUT2D eigenvalue weighted by atomic mass is 19.1. The van der Waals surface area contributed by atoms with Crippen molar-refractivity contribution < 1.29 is 19.0 Å². The average molecular weight is 398 g/mol. The van der Waals surface area contributed by atoms with Crippen LogP contribution < -0.4 is 9.64 Å². The molecule has 2 aromatic rings. The van der Waals surface area contributed by atoms with Gasteiger partial charge in [-0.2, -0.15) is 0 Å². The van der Waals surface area contributed by atoms with Crippen LogP contribution in [0.15, 0.2) is 42.5 Å². The first-order valence-electron chi connectivity index (χ1n) is 10.1. The SMILES string of the molecule is COc1cc(CN2CC[C@@]3(CCC(=O)N3c3cccc(F)c3)C[C@H]2C)ccc1O. The van der Waals surface area contributed by atoms with Gasteiger partial charge in [0.15, 0.2) is 11.5 Å². The summed E-state index contributed by atoms with van der Waals surface area (Å²) in [5.74, 6) is 0.378. The first-order chi connectivity index (χ1) is 13.9. The van der Waals surface area contributed by atoms with E-state index in [2.05, 4.69) is 11.8 Å². The number of anilines is 1. The lowest BCUT2D eigenvalue weighted by Gasteiger charge is -2.48. The largest absolute Gasteiger partial charge is 0.504 e. The lowest BCUT2D eigenvalue weighted by Crippen LogP contribution is -2.56. The van der Waals surface area contributed by atoms with Gasteiger partial charge in [-0.15, -0.1) is 0 Å². The number of amides is 1. The van der Waals surface area contributed by atoms with Crippen molar-refractivity contribution in [2.45, 2.75) is 50.7 Å². The molecule has 0 unspecified atom stereocenters. The Hall–Kier alpha value is -2.60. The lowest BCUT2D eigenvalue weighted by molar-refractivity contribution is -0.117. The van der Waals surface area contributed by atoms with Crippen LogP contribution >= 0.6 is 0 Å². The number of hydrogen-bond acceptors (Lipinski definition) is 4. The fourth-order valence-corrected chi connectivity index (χ4v) is 4.93. The summed E-state index contributed by atoms with van der Waals surface area (Å²) in [6.45, 7) is 3.79. The van der Waals surface area contributed by atoms with E-state index in [4.69, 9.17) is 4.74 Å². The molecule has 2 aromatic carbocycles. The van der Waals surface area contributed by atoms with Crippen LogP contribution in [0.25, 0.3) is 0 Å². The molecule has 2 saturated heterocycles. The molecule has 0 aliphatic carbocycles. The van der Waals surface area contributed by atoms with Crippen molar-refractivity contribution >= 4 is 11.6 Å². The van der Waals surface area contributed by atoms with E-state index in [1.807, 2.05) is 23.1 Å². The Bertz CT molecular complexity index is 919. The average Bonchev–Trinajstić information content (AvgIpc) is 3.01. The molecular formula is C23H27FN2O3. The Balaban J connectivity index is 1.52. The standard InChI is InChI=1S/C23H27FN2O3/c1-16-14-23(9-8-22(28)26(23)19-5-3-4-18(24)13-19)10-11-25(16)15-17-6-7-20(27)21(12-17)29-2/h3-7,12-13,16,27H,8-11,14-15H2,1-2H3/t16-,23+/m1/s1. The number of hydrogen-bond donors (Lipinski definition) is 1. The molecule has 1 amide bonds. The second-order valence-corrected chi connectivity index (χ2v) is 8.21. The van der Waals surface area contributed by atoms with Gasteiger partial charge in [-0.25, -0.2) is 4.39 Å². The number of phenolic OH excluding ortho intramolecular Hbond substituents is 1. The minimum atomic E-state index is -0.316. The number of nitrogens with zero attached hydrogens (tertiary/aromatic N) is 2. The fourth-order valence-electron chi connectivity index (χ4n) is 4.93. The number of likely N-dealkylation sites (tertiary alicyclic amines) is 1. The third-order valence-corrected chi connectivity index (χ3v) is 6.39. The number of carbonyl (C=O) groups is 1. The topological polar surface area (TPSA) is 53.0 Å². The van der Waals surface area contributed by atoms with E-state index >= 15 is 0 Å². The van der Waals surface area contributed by atoms with Gasteiger partial charge in [-0.05, 0) is 62.1 Å². The Morgan fingerprint density at radius 1 is 1.24 bits per heavy atom. The highest BCUT2D eigenvalue weighted by Gasteiger charge is 2.49. The van der Waals surface area contributed by atoms with Crippen LogP contribution in [0.3, 0.4) is 0 Å². The van der Waals surface area contributed by atoms with Crippen LogP contribution in [0, 0.1) is 5.82 Å². The molecule has 5 nitrogen and oxygen atoms in total. The molecular weight excluding hydrogens is 371 g/mol. The number of ether oxygens (including phenoxy) is 1. The molecule has 1 spiro atoms. The Morgan fingerprint density at radius 3 is 2.79 bits per heavy atom.